The number of hydrogen-bond acceptors (Lipinski definition) is 5. The summed E-state index contributed by atoms with van der Waals surface area (Å²) in [6.45, 7) is 0.764. The zero-order chi connectivity index (χ0) is 15.3. The molecule has 2 aromatic heterocycles. The molecule has 2 atom stereocenters. The highest BCUT2D eigenvalue weighted by atomic mass is 32.2. The lowest BCUT2D eigenvalue weighted by atomic mass is 10.1. The van der Waals surface area contributed by atoms with Gasteiger partial charge in [0, 0.05) is 19.2 Å². The van der Waals surface area contributed by atoms with Crippen molar-refractivity contribution in [2.45, 2.75) is 11.7 Å². The quantitative estimate of drug-likeness (QED) is 0.887. The van der Waals surface area contributed by atoms with E-state index in [0.29, 0.717) is 24.4 Å². The third-order valence-corrected chi connectivity index (χ3v) is 6.75. The van der Waals surface area contributed by atoms with Gasteiger partial charge < -0.3 is 9.32 Å². The zero-order valence-corrected chi connectivity index (χ0v) is 12.5. The molecule has 0 aromatic carbocycles. The smallest absolute Gasteiger partial charge is 0.274 e. The molecule has 2 aromatic rings. The van der Waals surface area contributed by atoms with E-state index in [0.717, 1.165) is 0 Å². The first-order chi connectivity index (χ1) is 10.5. The van der Waals surface area contributed by atoms with Crippen LogP contribution in [0.1, 0.15) is 16.9 Å². The second-order valence-corrected chi connectivity index (χ2v) is 8.15. The van der Waals surface area contributed by atoms with E-state index in [2.05, 4.69) is 10.2 Å². The van der Waals surface area contributed by atoms with Gasteiger partial charge in [-0.25, -0.2) is 8.42 Å². The summed E-state index contributed by atoms with van der Waals surface area (Å²) in [5.41, 5.74) is 0.907. The number of aromatic nitrogens is 2. The van der Waals surface area contributed by atoms with Gasteiger partial charge in [-0.3, -0.25) is 9.89 Å². The van der Waals surface area contributed by atoms with Crippen LogP contribution in [0.15, 0.2) is 28.9 Å². The van der Waals surface area contributed by atoms with Crippen molar-refractivity contribution < 1.29 is 17.6 Å². The number of nitrogens with zero attached hydrogens (tertiary/aromatic N) is 2. The van der Waals surface area contributed by atoms with Crippen molar-refractivity contribution in [2.75, 3.05) is 18.8 Å². The number of carbonyl (C=O) groups is 1. The summed E-state index contributed by atoms with van der Waals surface area (Å²) in [6.07, 6.45) is 2.19. The predicted octanol–water partition coefficient (Wildman–Crippen LogP) is 0.929. The molecule has 4 rings (SSSR count). The second kappa shape index (κ2) is 4.70. The third-order valence-electron chi connectivity index (χ3n) is 4.49. The number of carbonyl (C=O) groups excluding carboxylic acids is 1. The number of likely N-dealkylation sites (tertiary alicyclic amines) is 1. The van der Waals surface area contributed by atoms with Gasteiger partial charge in [-0.2, -0.15) is 5.10 Å². The van der Waals surface area contributed by atoms with Crippen LogP contribution < -0.4 is 0 Å². The molecule has 2 saturated heterocycles. The van der Waals surface area contributed by atoms with Gasteiger partial charge in [0.1, 0.15) is 5.69 Å². The average molecular weight is 321 g/mol. The summed E-state index contributed by atoms with van der Waals surface area (Å²) in [5, 5.41) is 6.39. The van der Waals surface area contributed by atoms with Crippen LogP contribution in [0.4, 0.5) is 0 Å². The Kier molecular flexibility index (Phi) is 2.90. The Hall–Kier alpha value is -2.09. The Balaban J connectivity index is 1.54. The standard InChI is InChI=1S/C14H15N3O4S/c18-14(11-6-10(15-16-11)12-2-1-4-21-12)17-7-9-3-5-22(19,20)13(9)8-17/h1-2,4,6,9,13H,3,5,7-8H2,(H,15,16)/t9-,13+/m0/s1. The Bertz CT molecular complexity index is 809. The molecule has 0 saturated carbocycles. The first kappa shape index (κ1) is 13.6. The second-order valence-electron chi connectivity index (χ2n) is 5.81. The predicted molar refractivity (Wildman–Crippen MR) is 77.9 cm³/mol. The van der Waals surface area contributed by atoms with Gasteiger partial charge in [0.05, 0.1) is 17.3 Å². The van der Waals surface area contributed by atoms with Crippen LogP contribution in [0.2, 0.25) is 0 Å². The van der Waals surface area contributed by atoms with Crippen LogP contribution in [0.25, 0.3) is 11.5 Å². The molecule has 0 unspecified atom stereocenters. The Labute approximate surface area is 127 Å². The van der Waals surface area contributed by atoms with Crippen LogP contribution in [0, 0.1) is 5.92 Å². The van der Waals surface area contributed by atoms with Gasteiger partial charge in [0.2, 0.25) is 0 Å². The molecule has 2 aliphatic heterocycles. The normalized spacial score (nSPS) is 26.3. The maximum absolute atomic E-state index is 12.5. The molecule has 0 radical (unpaired) electrons. The maximum atomic E-state index is 12.5. The number of aromatic amines is 1. The van der Waals surface area contributed by atoms with Crippen molar-refractivity contribution in [3.63, 3.8) is 0 Å². The van der Waals surface area contributed by atoms with Crippen molar-refractivity contribution in [2.24, 2.45) is 5.92 Å². The van der Waals surface area contributed by atoms with Crippen molar-refractivity contribution >= 4 is 15.7 Å². The number of hydrogen-bond donors (Lipinski definition) is 1. The fourth-order valence-corrected chi connectivity index (χ4v) is 5.46. The number of H-pyrrole nitrogens is 1. The van der Waals surface area contributed by atoms with E-state index >= 15 is 0 Å². The lowest BCUT2D eigenvalue weighted by Gasteiger charge is -2.15. The first-order valence-electron chi connectivity index (χ1n) is 7.15. The minimum Gasteiger partial charge on any atom is -0.463 e. The molecule has 2 fully saturated rings. The number of sulfone groups is 1. The van der Waals surface area contributed by atoms with Crippen molar-refractivity contribution in [3.8, 4) is 11.5 Å². The largest absolute Gasteiger partial charge is 0.463 e. The van der Waals surface area contributed by atoms with Gasteiger partial charge >= 0.3 is 0 Å². The molecule has 2 aliphatic rings. The summed E-state index contributed by atoms with van der Waals surface area (Å²) < 4.78 is 29.1. The molecule has 1 amide bonds. The molecule has 8 heteroatoms. The van der Waals surface area contributed by atoms with Gasteiger partial charge in [-0.1, -0.05) is 0 Å². The summed E-state index contributed by atoms with van der Waals surface area (Å²) >= 11 is 0. The lowest BCUT2D eigenvalue weighted by Crippen LogP contribution is -2.32. The molecule has 7 nitrogen and oxygen atoms in total. The summed E-state index contributed by atoms with van der Waals surface area (Å²) in [7, 11) is -3.04. The number of furan rings is 1. The first-order valence-corrected chi connectivity index (χ1v) is 8.86. The Morgan fingerprint density at radius 3 is 3.00 bits per heavy atom. The molecular weight excluding hydrogens is 306 g/mol. The zero-order valence-electron chi connectivity index (χ0n) is 11.7. The van der Waals surface area contributed by atoms with E-state index in [1.165, 1.54) is 0 Å². The maximum Gasteiger partial charge on any atom is 0.274 e. The molecule has 4 heterocycles. The summed E-state index contributed by atoms with van der Waals surface area (Å²) in [4.78, 5) is 14.1. The van der Waals surface area contributed by atoms with Crippen LogP contribution in [-0.2, 0) is 9.84 Å². The molecule has 0 spiro atoms. The van der Waals surface area contributed by atoms with Gasteiger partial charge in [0.15, 0.2) is 21.3 Å². The van der Waals surface area contributed by atoms with Crippen molar-refractivity contribution in [3.05, 3.63) is 30.2 Å². The van der Waals surface area contributed by atoms with E-state index in [4.69, 9.17) is 4.42 Å². The minimum absolute atomic E-state index is 0.0671. The highest BCUT2D eigenvalue weighted by molar-refractivity contribution is 7.92. The number of rotatable bonds is 2. The summed E-state index contributed by atoms with van der Waals surface area (Å²) in [5.74, 6) is 0.679. The molecule has 1 N–H and O–H groups in total. The molecular formula is C14H15N3O4S. The van der Waals surface area contributed by atoms with E-state index < -0.39 is 15.1 Å². The van der Waals surface area contributed by atoms with Gasteiger partial charge in [0.25, 0.3) is 5.91 Å². The van der Waals surface area contributed by atoms with Crippen LogP contribution in [-0.4, -0.2) is 53.5 Å². The fraction of sp³-hybridized carbons (Fsp3) is 0.429. The lowest BCUT2D eigenvalue weighted by molar-refractivity contribution is 0.0781. The molecule has 116 valence electrons. The monoisotopic (exact) mass is 321 g/mol. The number of amides is 1. The molecule has 0 bridgehead atoms. The van der Waals surface area contributed by atoms with Crippen LogP contribution in [0.5, 0.6) is 0 Å². The highest BCUT2D eigenvalue weighted by Crippen LogP contribution is 2.34. The summed E-state index contributed by atoms with van der Waals surface area (Å²) in [6, 6.07) is 5.16. The van der Waals surface area contributed by atoms with E-state index in [9.17, 15) is 13.2 Å². The molecule has 0 aliphatic carbocycles. The van der Waals surface area contributed by atoms with Crippen molar-refractivity contribution in [1.29, 1.82) is 0 Å². The Morgan fingerprint density at radius 2 is 2.27 bits per heavy atom. The van der Waals surface area contributed by atoms with Crippen molar-refractivity contribution in [1.82, 2.24) is 15.1 Å². The SMILES string of the molecule is O=C(c1cc(-c2ccco2)[nH]n1)N1C[C@@H]2CCS(=O)(=O)[C@@H]2C1. The van der Waals surface area contributed by atoms with Crippen LogP contribution in [0.3, 0.4) is 0 Å². The van der Waals surface area contributed by atoms with E-state index in [1.54, 1.807) is 29.4 Å². The molecule has 22 heavy (non-hydrogen) atoms. The Morgan fingerprint density at radius 1 is 1.41 bits per heavy atom. The average Bonchev–Trinajstić information content (AvgIpc) is 3.24. The number of fused-ring (bicyclic) bond motifs is 1. The van der Waals surface area contributed by atoms with Gasteiger partial charge in [-0.05, 0) is 24.5 Å². The topological polar surface area (TPSA) is 96.3 Å². The highest BCUT2D eigenvalue weighted by Gasteiger charge is 2.47. The third kappa shape index (κ3) is 2.06. The fourth-order valence-electron chi connectivity index (χ4n) is 3.31. The minimum atomic E-state index is -3.04. The van der Waals surface area contributed by atoms with Gasteiger partial charge in [-0.15, -0.1) is 0 Å². The number of nitrogens with one attached hydrogen (secondary N) is 1. The van der Waals surface area contributed by atoms with E-state index in [1.807, 2.05) is 0 Å². The van der Waals surface area contributed by atoms with E-state index in [-0.39, 0.29) is 29.8 Å². The van der Waals surface area contributed by atoms with Crippen LogP contribution >= 0.6 is 0 Å².